The Hall–Kier alpha value is -4.42. The van der Waals surface area contributed by atoms with Gasteiger partial charge in [0.2, 0.25) is 5.56 Å². The third-order valence-corrected chi connectivity index (χ3v) is 11.1. The van der Waals surface area contributed by atoms with E-state index in [-0.39, 0.29) is 23.5 Å². The molecule has 0 bridgehead atoms. The van der Waals surface area contributed by atoms with Crippen LogP contribution in [0.5, 0.6) is 0 Å². The highest BCUT2D eigenvalue weighted by Gasteiger charge is 2.39. The van der Waals surface area contributed by atoms with Gasteiger partial charge in [0.05, 0.1) is 18.7 Å². The molecule has 3 saturated heterocycles. The molecule has 4 aliphatic rings. The minimum Gasteiger partial charge on any atom is -0.435 e. The number of amides is 4. The van der Waals surface area contributed by atoms with Crippen molar-refractivity contribution in [1.82, 2.24) is 24.6 Å². The first kappa shape index (κ1) is 34.0. The van der Waals surface area contributed by atoms with E-state index in [1.54, 1.807) is 11.0 Å². The number of H-pyrrole nitrogens is 1. The van der Waals surface area contributed by atoms with Crippen molar-refractivity contribution in [2.24, 2.45) is 0 Å². The number of aromatic nitrogens is 1. The normalized spacial score (nSPS) is 20.9. The van der Waals surface area contributed by atoms with Crippen molar-refractivity contribution < 1.29 is 23.9 Å². The lowest BCUT2D eigenvalue weighted by Gasteiger charge is -2.41. The Bertz CT molecular complexity index is 1770. The van der Waals surface area contributed by atoms with Crippen molar-refractivity contribution >= 4 is 34.6 Å². The van der Waals surface area contributed by atoms with Gasteiger partial charge in [0, 0.05) is 75.6 Å². The Morgan fingerprint density at radius 2 is 1.56 bits per heavy atom. The lowest BCUT2D eigenvalue weighted by atomic mass is 9.91. The van der Waals surface area contributed by atoms with E-state index < -0.39 is 18.1 Å². The summed E-state index contributed by atoms with van der Waals surface area (Å²) < 4.78 is 11.8. The third kappa shape index (κ3) is 7.22. The summed E-state index contributed by atoms with van der Waals surface area (Å²) in [4.78, 5) is 64.1. The van der Waals surface area contributed by atoms with Crippen LogP contribution in [-0.4, -0.2) is 120 Å². The van der Waals surface area contributed by atoms with Gasteiger partial charge in [-0.05, 0) is 79.3 Å². The van der Waals surface area contributed by atoms with Crippen molar-refractivity contribution in [2.45, 2.75) is 70.1 Å². The standard InChI is InChI=1S/C38H48N6O6/c1-25-23-29(24-28-7-8-33(45)40-34(25)28)26(2)35(36(46)42-14-10-30(11-15-42)41-19-21-49-22-20-41)50-38(48)43-16-12-31(13-17-43)44-18-9-27-5-3-4-6-32(27)39-37(44)47/h3-8,23-24,26,30-31,35H,9-22H2,1-2H3,(H,39,47)(H,40,45). The molecule has 3 fully saturated rings. The van der Waals surface area contributed by atoms with Crippen LogP contribution in [-0.2, 0) is 20.7 Å². The molecular formula is C38H48N6O6. The average molecular weight is 685 g/mol. The molecular weight excluding hydrogens is 636 g/mol. The van der Waals surface area contributed by atoms with Gasteiger partial charge in [-0.1, -0.05) is 31.2 Å². The fourth-order valence-electron chi connectivity index (χ4n) is 8.14. The smallest absolute Gasteiger partial charge is 0.410 e. The number of pyridine rings is 1. The zero-order valence-corrected chi connectivity index (χ0v) is 29.1. The maximum absolute atomic E-state index is 14.3. The number of rotatable bonds is 6. The summed E-state index contributed by atoms with van der Waals surface area (Å²) in [7, 11) is 0. The predicted octanol–water partition coefficient (Wildman–Crippen LogP) is 4.32. The van der Waals surface area contributed by atoms with E-state index in [1.165, 1.54) is 6.07 Å². The molecule has 5 heterocycles. The van der Waals surface area contributed by atoms with Crippen LogP contribution >= 0.6 is 0 Å². The van der Waals surface area contributed by atoms with Crippen LogP contribution < -0.4 is 10.9 Å². The average Bonchev–Trinajstić information content (AvgIpc) is 3.32. The van der Waals surface area contributed by atoms with Gasteiger partial charge in [-0.25, -0.2) is 9.59 Å². The number of hydrogen-bond acceptors (Lipinski definition) is 7. The molecule has 2 unspecified atom stereocenters. The molecule has 2 aromatic carbocycles. The van der Waals surface area contributed by atoms with Crippen molar-refractivity contribution in [3.05, 3.63) is 75.6 Å². The number of carbonyl (C=O) groups is 3. The van der Waals surface area contributed by atoms with Gasteiger partial charge >= 0.3 is 12.1 Å². The topological polar surface area (TPSA) is 128 Å². The van der Waals surface area contributed by atoms with Gasteiger partial charge in [0.1, 0.15) is 0 Å². The predicted molar refractivity (Wildman–Crippen MR) is 190 cm³/mol. The Balaban J connectivity index is 1.05. The number of aromatic amines is 1. The summed E-state index contributed by atoms with van der Waals surface area (Å²) in [6.45, 7) is 9.87. The van der Waals surface area contributed by atoms with Gasteiger partial charge in [0.15, 0.2) is 6.10 Å². The molecule has 2 atom stereocenters. The van der Waals surface area contributed by atoms with Crippen LogP contribution in [0.1, 0.15) is 55.2 Å². The largest absolute Gasteiger partial charge is 0.435 e. The minimum absolute atomic E-state index is 0.00416. The number of nitrogens with one attached hydrogen (secondary N) is 2. The highest BCUT2D eigenvalue weighted by Crippen LogP contribution is 2.31. The van der Waals surface area contributed by atoms with E-state index in [2.05, 4.69) is 15.2 Å². The molecule has 12 nitrogen and oxygen atoms in total. The van der Waals surface area contributed by atoms with Gasteiger partial charge in [0.25, 0.3) is 5.91 Å². The molecule has 12 heteroatoms. The number of likely N-dealkylation sites (tertiary alicyclic amines) is 2. The van der Waals surface area contributed by atoms with Crippen LogP contribution in [0, 0.1) is 6.92 Å². The molecule has 4 amide bonds. The van der Waals surface area contributed by atoms with Crippen molar-refractivity contribution in [3.63, 3.8) is 0 Å². The second kappa shape index (κ2) is 14.8. The number of hydrogen-bond donors (Lipinski definition) is 2. The van der Waals surface area contributed by atoms with Crippen LogP contribution in [0.15, 0.2) is 53.3 Å². The molecule has 0 aliphatic carbocycles. The van der Waals surface area contributed by atoms with E-state index in [1.807, 2.05) is 60.0 Å². The minimum atomic E-state index is -1.02. The fourth-order valence-corrected chi connectivity index (χ4v) is 8.14. The van der Waals surface area contributed by atoms with Gasteiger partial charge < -0.3 is 34.5 Å². The lowest BCUT2D eigenvalue weighted by molar-refractivity contribution is -0.144. The monoisotopic (exact) mass is 684 g/mol. The number of aryl methyl sites for hydroxylation is 1. The first-order valence-electron chi connectivity index (χ1n) is 18.1. The number of ether oxygens (including phenoxy) is 2. The van der Waals surface area contributed by atoms with E-state index >= 15 is 0 Å². The number of piperidine rings is 2. The summed E-state index contributed by atoms with van der Waals surface area (Å²) >= 11 is 0. The molecule has 2 N–H and O–H groups in total. The number of anilines is 1. The lowest BCUT2D eigenvalue weighted by Crippen LogP contribution is -2.54. The highest BCUT2D eigenvalue weighted by molar-refractivity contribution is 5.91. The molecule has 7 rings (SSSR count). The van der Waals surface area contributed by atoms with E-state index in [4.69, 9.17) is 9.47 Å². The molecule has 266 valence electrons. The number of carbonyl (C=O) groups excluding carboxylic acids is 3. The summed E-state index contributed by atoms with van der Waals surface area (Å²) in [5.41, 5.74) is 4.30. The summed E-state index contributed by atoms with van der Waals surface area (Å²) in [6, 6.07) is 15.4. The quantitative estimate of drug-likeness (QED) is 0.396. The van der Waals surface area contributed by atoms with Gasteiger partial charge in [-0.2, -0.15) is 0 Å². The zero-order chi connectivity index (χ0) is 34.8. The Morgan fingerprint density at radius 1 is 0.860 bits per heavy atom. The number of nitrogens with zero attached hydrogens (tertiary/aromatic N) is 4. The maximum Gasteiger partial charge on any atom is 0.410 e. The Labute approximate surface area is 292 Å². The van der Waals surface area contributed by atoms with Crippen molar-refractivity contribution in [1.29, 1.82) is 0 Å². The van der Waals surface area contributed by atoms with Crippen LogP contribution in [0.2, 0.25) is 0 Å². The van der Waals surface area contributed by atoms with E-state index in [0.717, 1.165) is 78.8 Å². The first-order valence-corrected chi connectivity index (χ1v) is 18.1. The van der Waals surface area contributed by atoms with Crippen LogP contribution in [0.25, 0.3) is 10.9 Å². The van der Waals surface area contributed by atoms with E-state index in [0.29, 0.717) is 51.6 Å². The third-order valence-electron chi connectivity index (χ3n) is 11.1. The second-order valence-corrected chi connectivity index (χ2v) is 14.2. The van der Waals surface area contributed by atoms with Crippen molar-refractivity contribution in [3.8, 4) is 0 Å². The molecule has 3 aromatic rings. The van der Waals surface area contributed by atoms with E-state index in [9.17, 15) is 19.2 Å². The summed E-state index contributed by atoms with van der Waals surface area (Å²) in [5.74, 6) is -0.611. The first-order chi connectivity index (χ1) is 24.2. The molecule has 0 radical (unpaired) electrons. The van der Waals surface area contributed by atoms with Crippen molar-refractivity contribution in [2.75, 3.05) is 64.3 Å². The maximum atomic E-state index is 14.3. The number of fused-ring (bicyclic) bond motifs is 2. The molecule has 0 saturated carbocycles. The summed E-state index contributed by atoms with van der Waals surface area (Å²) in [5, 5.41) is 3.91. The number of benzene rings is 2. The molecule has 50 heavy (non-hydrogen) atoms. The van der Waals surface area contributed by atoms with Crippen LogP contribution in [0.4, 0.5) is 15.3 Å². The number of para-hydroxylation sites is 1. The molecule has 1 aromatic heterocycles. The Morgan fingerprint density at radius 3 is 2.32 bits per heavy atom. The molecule has 0 spiro atoms. The van der Waals surface area contributed by atoms with Crippen LogP contribution in [0.3, 0.4) is 0 Å². The van der Waals surface area contributed by atoms with Gasteiger partial charge in [-0.3, -0.25) is 14.5 Å². The Kier molecular flexibility index (Phi) is 10.1. The molecule has 4 aliphatic heterocycles. The summed E-state index contributed by atoms with van der Waals surface area (Å²) in [6.07, 6.45) is 2.24. The van der Waals surface area contributed by atoms with Gasteiger partial charge in [-0.15, -0.1) is 0 Å². The fraction of sp³-hybridized carbons (Fsp3) is 0.526. The zero-order valence-electron chi connectivity index (χ0n) is 29.1. The number of morpholine rings is 1. The SMILES string of the molecule is Cc1cc(C(C)C(OC(=O)N2CCC(N3CCc4ccccc4NC3=O)CC2)C(=O)N2CCC(N3CCOCC3)CC2)cc2ccc(=O)[nH]c12. The second-order valence-electron chi connectivity index (χ2n) is 14.2. The highest BCUT2D eigenvalue weighted by atomic mass is 16.6. The number of urea groups is 1.